The Labute approximate surface area is 127 Å². The molecule has 0 saturated heterocycles. The van der Waals surface area contributed by atoms with E-state index in [0.717, 1.165) is 19.3 Å². The highest BCUT2D eigenvalue weighted by Crippen LogP contribution is 2.46. The predicted molar refractivity (Wildman–Crippen MR) is 81.9 cm³/mol. The van der Waals surface area contributed by atoms with Gasteiger partial charge in [-0.15, -0.1) is 11.3 Å². The van der Waals surface area contributed by atoms with Gasteiger partial charge in [-0.05, 0) is 25.2 Å². The highest BCUT2D eigenvalue weighted by molar-refractivity contribution is 7.13. The van der Waals surface area contributed by atoms with Crippen LogP contribution in [0.3, 0.4) is 0 Å². The van der Waals surface area contributed by atoms with Crippen molar-refractivity contribution in [3.8, 4) is 0 Å². The standard InChI is InChI=1S/C15H18N2O3S/c1-20-15-4-2-9(3-5-15)6-10(15)7-11(13(18)19)12-8-21-14(16)17-12/h2,4,7-10H,3,5-6H2,1H3,(H2,16,17)(H,18,19)/b11-7-. The number of ether oxygens (including phenoxy) is 1. The van der Waals surface area contributed by atoms with Gasteiger partial charge in [0.2, 0.25) is 0 Å². The number of carboxylic acids is 1. The van der Waals surface area contributed by atoms with Gasteiger partial charge < -0.3 is 15.6 Å². The topological polar surface area (TPSA) is 85.4 Å². The fourth-order valence-corrected chi connectivity index (χ4v) is 3.89. The van der Waals surface area contributed by atoms with Crippen molar-refractivity contribution >= 4 is 28.0 Å². The lowest BCUT2D eigenvalue weighted by atomic mass is 9.65. The summed E-state index contributed by atoms with van der Waals surface area (Å²) in [4.78, 5) is 15.7. The molecule has 1 aromatic heterocycles. The molecule has 2 bridgehead atoms. The minimum absolute atomic E-state index is 0.0558. The van der Waals surface area contributed by atoms with Gasteiger partial charge >= 0.3 is 5.97 Å². The first-order chi connectivity index (χ1) is 10.0. The Hall–Kier alpha value is -1.66. The monoisotopic (exact) mass is 306 g/mol. The van der Waals surface area contributed by atoms with Crippen LogP contribution in [-0.2, 0) is 9.53 Å². The SMILES string of the molecule is COC12C=CC(CC1)CC2/C=C(\C(=O)O)c1csc(N)n1. The molecule has 0 radical (unpaired) electrons. The molecule has 5 nitrogen and oxygen atoms in total. The fraction of sp³-hybridized carbons (Fsp3) is 0.467. The molecular formula is C15H18N2O3S. The number of nitrogens with two attached hydrogens (primary N) is 1. The molecule has 0 amide bonds. The Morgan fingerprint density at radius 3 is 3.00 bits per heavy atom. The van der Waals surface area contributed by atoms with E-state index in [9.17, 15) is 9.90 Å². The fourth-order valence-electron chi connectivity index (χ4n) is 3.33. The summed E-state index contributed by atoms with van der Waals surface area (Å²) in [6.45, 7) is 0. The molecule has 21 heavy (non-hydrogen) atoms. The number of aromatic nitrogens is 1. The van der Waals surface area contributed by atoms with Gasteiger partial charge in [-0.2, -0.15) is 0 Å². The number of anilines is 1. The lowest BCUT2D eigenvalue weighted by Crippen LogP contribution is -2.45. The van der Waals surface area contributed by atoms with Crippen LogP contribution in [0.25, 0.3) is 5.57 Å². The van der Waals surface area contributed by atoms with Crippen molar-refractivity contribution in [3.63, 3.8) is 0 Å². The van der Waals surface area contributed by atoms with Gasteiger partial charge in [0.15, 0.2) is 5.13 Å². The normalized spacial score (nSPS) is 31.6. The molecule has 1 aromatic rings. The van der Waals surface area contributed by atoms with Gasteiger partial charge in [-0.1, -0.05) is 18.2 Å². The minimum Gasteiger partial charge on any atom is -0.478 e. The smallest absolute Gasteiger partial charge is 0.337 e. The Balaban J connectivity index is 1.98. The second-order valence-corrected chi connectivity index (χ2v) is 6.51. The average Bonchev–Trinajstić information content (AvgIpc) is 2.92. The average molecular weight is 306 g/mol. The van der Waals surface area contributed by atoms with Crippen molar-refractivity contribution in [2.24, 2.45) is 11.8 Å². The number of hydrogen-bond acceptors (Lipinski definition) is 5. The third kappa shape index (κ3) is 2.49. The number of carboxylic acid groups (broad SMARTS) is 1. The van der Waals surface area contributed by atoms with E-state index < -0.39 is 5.97 Å². The quantitative estimate of drug-likeness (QED) is 0.659. The molecule has 112 valence electrons. The van der Waals surface area contributed by atoms with Gasteiger partial charge in [-0.3, -0.25) is 0 Å². The van der Waals surface area contributed by atoms with E-state index in [0.29, 0.717) is 16.7 Å². The summed E-state index contributed by atoms with van der Waals surface area (Å²) in [7, 11) is 1.69. The summed E-state index contributed by atoms with van der Waals surface area (Å²) in [5, 5.41) is 11.6. The van der Waals surface area contributed by atoms with Crippen molar-refractivity contribution in [1.29, 1.82) is 0 Å². The van der Waals surface area contributed by atoms with E-state index in [1.807, 2.05) is 0 Å². The number of methoxy groups -OCH3 is 1. The summed E-state index contributed by atoms with van der Waals surface area (Å²) in [6, 6.07) is 0. The van der Waals surface area contributed by atoms with Crippen LogP contribution < -0.4 is 5.73 Å². The van der Waals surface area contributed by atoms with E-state index in [4.69, 9.17) is 10.5 Å². The summed E-state index contributed by atoms with van der Waals surface area (Å²) in [5.74, 6) is -0.406. The van der Waals surface area contributed by atoms with Gasteiger partial charge in [0.1, 0.15) is 0 Å². The zero-order valence-electron chi connectivity index (χ0n) is 11.8. The number of hydrogen-bond donors (Lipinski definition) is 2. The van der Waals surface area contributed by atoms with Crippen LogP contribution in [0.2, 0.25) is 0 Å². The van der Waals surface area contributed by atoms with Crippen LogP contribution in [0.4, 0.5) is 5.13 Å². The van der Waals surface area contributed by atoms with E-state index >= 15 is 0 Å². The molecule has 1 fully saturated rings. The second-order valence-electron chi connectivity index (χ2n) is 5.62. The van der Waals surface area contributed by atoms with Crippen LogP contribution in [0, 0.1) is 11.8 Å². The molecule has 3 atom stereocenters. The first kappa shape index (κ1) is 14.3. The number of rotatable bonds is 4. The van der Waals surface area contributed by atoms with Crippen molar-refractivity contribution in [2.45, 2.75) is 24.9 Å². The van der Waals surface area contributed by atoms with Crippen LogP contribution in [-0.4, -0.2) is 28.8 Å². The van der Waals surface area contributed by atoms with Crippen molar-refractivity contribution in [2.75, 3.05) is 12.8 Å². The number of thiazole rings is 1. The zero-order valence-corrected chi connectivity index (χ0v) is 12.6. The summed E-state index contributed by atoms with van der Waals surface area (Å²) in [6.07, 6.45) is 9.04. The molecular weight excluding hydrogens is 288 g/mol. The number of allylic oxidation sites excluding steroid dienone is 1. The Kier molecular flexibility index (Phi) is 3.59. The molecule has 1 heterocycles. The Bertz CT molecular complexity index is 622. The lowest BCUT2D eigenvalue weighted by molar-refractivity contribution is -0.130. The number of carbonyl (C=O) groups is 1. The highest BCUT2D eigenvalue weighted by atomic mass is 32.1. The van der Waals surface area contributed by atoms with E-state index in [1.165, 1.54) is 11.3 Å². The lowest BCUT2D eigenvalue weighted by Gasteiger charge is -2.46. The van der Waals surface area contributed by atoms with Gasteiger partial charge in [0.25, 0.3) is 0 Å². The summed E-state index contributed by atoms with van der Waals surface area (Å²) < 4.78 is 5.73. The Morgan fingerprint density at radius 2 is 2.48 bits per heavy atom. The van der Waals surface area contributed by atoms with E-state index in [1.54, 1.807) is 18.6 Å². The molecule has 3 unspecified atom stereocenters. The largest absolute Gasteiger partial charge is 0.478 e. The van der Waals surface area contributed by atoms with Crippen LogP contribution >= 0.6 is 11.3 Å². The molecule has 3 N–H and O–H groups in total. The summed E-state index contributed by atoms with van der Waals surface area (Å²) >= 11 is 1.25. The van der Waals surface area contributed by atoms with Crippen molar-refractivity contribution < 1.29 is 14.6 Å². The van der Waals surface area contributed by atoms with Crippen molar-refractivity contribution in [1.82, 2.24) is 4.98 Å². The van der Waals surface area contributed by atoms with E-state index in [-0.39, 0.29) is 17.1 Å². The first-order valence-corrected chi connectivity index (χ1v) is 7.83. The minimum atomic E-state index is -0.975. The van der Waals surface area contributed by atoms with Crippen LogP contribution in [0.15, 0.2) is 23.6 Å². The second kappa shape index (κ2) is 5.27. The molecule has 3 aliphatic carbocycles. The highest BCUT2D eigenvalue weighted by Gasteiger charge is 2.44. The molecule has 6 heteroatoms. The maximum Gasteiger partial charge on any atom is 0.337 e. The Morgan fingerprint density at radius 1 is 1.67 bits per heavy atom. The summed E-state index contributed by atoms with van der Waals surface area (Å²) in [5.41, 5.74) is 5.88. The molecule has 1 saturated carbocycles. The number of fused-ring (bicyclic) bond motifs is 2. The molecule has 0 aromatic carbocycles. The van der Waals surface area contributed by atoms with Gasteiger partial charge in [0, 0.05) is 18.4 Å². The molecule has 0 aliphatic heterocycles. The van der Waals surface area contributed by atoms with Crippen molar-refractivity contribution in [3.05, 3.63) is 29.3 Å². The van der Waals surface area contributed by atoms with Crippen LogP contribution in [0.5, 0.6) is 0 Å². The third-order valence-corrected chi connectivity index (χ3v) is 5.19. The maximum absolute atomic E-state index is 11.6. The number of aliphatic carboxylic acids is 1. The first-order valence-electron chi connectivity index (χ1n) is 6.95. The third-order valence-electron chi connectivity index (χ3n) is 4.52. The van der Waals surface area contributed by atoms with Crippen LogP contribution in [0.1, 0.15) is 25.0 Å². The maximum atomic E-state index is 11.6. The number of nitrogens with zero attached hydrogens (tertiary/aromatic N) is 1. The zero-order chi connectivity index (χ0) is 15.0. The molecule has 4 rings (SSSR count). The predicted octanol–water partition coefficient (Wildman–Crippen LogP) is 2.56. The van der Waals surface area contributed by atoms with Gasteiger partial charge in [-0.25, -0.2) is 9.78 Å². The molecule has 0 spiro atoms. The number of nitrogen functional groups attached to an aromatic ring is 1. The van der Waals surface area contributed by atoms with E-state index in [2.05, 4.69) is 17.1 Å². The van der Waals surface area contributed by atoms with Gasteiger partial charge in [0.05, 0.1) is 16.9 Å². The molecule has 3 aliphatic rings.